The van der Waals surface area contributed by atoms with Crippen LogP contribution in [0, 0.1) is 13.8 Å². The summed E-state index contributed by atoms with van der Waals surface area (Å²) in [6.07, 6.45) is 1.90. The second-order valence-electron chi connectivity index (χ2n) is 5.69. The summed E-state index contributed by atoms with van der Waals surface area (Å²) in [4.78, 5) is 0.357. The van der Waals surface area contributed by atoms with Gasteiger partial charge in [0.15, 0.2) is 0 Å². The van der Waals surface area contributed by atoms with E-state index in [2.05, 4.69) is 0 Å². The number of nitrogens with zero attached hydrogens (tertiary/aromatic N) is 1. The van der Waals surface area contributed by atoms with Crippen LogP contribution >= 0.6 is 0 Å². The molecule has 1 aromatic carbocycles. The van der Waals surface area contributed by atoms with Gasteiger partial charge in [0, 0.05) is 6.54 Å². The molecule has 1 aliphatic heterocycles. The molecule has 0 amide bonds. The Morgan fingerprint density at radius 1 is 1.30 bits per heavy atom. The highest BCUT2D eigenvalue weighted by atomic mass is 32.2. The molecule has 0 radical (unpaired) electrons. The van der Waals surface area contributed by atoms with Crippen molar-refractivity contribution in [3.63, 3.8) is 0 Å². The summed E-state index contributed by atoms with van der Waals surface area (Å²) < 4.78 is 27.2. The Bertz CT molecular complexity index is 581. The van der Waals surface area contributed by atoms with Crippen molar-refractivity contribution in [3.05, 3.63) is 29.3 Å². The third-order valence-corrected chi connectivity index (χ3v) is 6.06. The van der Waals surface area contributed by atoms with Crippen molar-refractivity contribution in [2.75, 3.05) is 6.54 Å². The SMILES string of the molecule is Cc1ccc(S(=O)(=O)N2CCCCC2C(C)O)c(C)c1. The molecule has 112 valence electrons. The van der Waals surface area contributed by atoms with E-state index in [1.807, 2.05) is 26.0 Å². The molecule has 20 heavy (non-hydrogen) atoms. The van der Waals surface area contributed by atoms with Crippen molar-refractivity contribution in [3.8, 4) is 0 Å². The van der Waals surface area contributed by atoms with Crippen molar-refractivity contribution >= 4 is 10.0 Å². The van der Waals surface area contributed by atoms with Gasteiger partial charge in [0.1, 0.15) is 0 Å². The van der Waals surface area contributed by atoms with E-state index < -0.39 is 16.1 Å². The minimum absolute atomic E-state index is 0.311. The first-order valence-electron chi connectivity index (χ1n) is 7.11. The molecule has 1 heterocycles. The maximum absolute atomic E-state index is 12.8. The van der Waals surface area contributed by atoms with Crippen LogP contribution in [0.15, 0.2) is 23.1 Å². The Hall–Kier alpha value is -0.910. The van der Waals surface area contributed by atoms with Gasteiger partial charge >= 0.3 is 0 Å². The number of aliphatic hydroxyl groups is 1. The molecule has 0 spiro atoms. The minimum atomic E-state index is -3.53. The van der Waals surface area contributed by atoms with E-state index in [0.29, 0.717) is 11.4 Å². The molecule has 1 N–H and O–H groups in total. The van der Waals surface area contributed by atoms with Gasteiger partial charge in [-0.05, 0) is 45.2 Å². The van der Waals surface area contributed by atoms with Gasteiger partial charge < -0.3 is 5.11 Å². The normalized spacial score (nSPS) is 22.7. The highest BCUT2D eigenvalue weighted by molar-refractivity contribution is 7.89. The zero-order chi connectivity index (χ0) is 14.9. The van der Waals surface area contributed by atoms with E-state index >= 15 is 0 Å². The number of hydrogen-bond donors (Lipinski definition) is 1. The molecule has 5 heteroatoms. The fourth-order valence-corrected chi connectivity index (χ4v) is 4.89. The summed E-state index contributed by atoms with van der Waals surface area (Å²) in [5.41, 5.74) is 1.81. The standard InChI is InChI=1S/C15H23NO3S/c1-11-7-8-15(12(2)10-11)20(18,19)16-9-5-4-6-14(16)13(3)17/h7-8,10,13-14,17H,4-6,9H2,1-3H3. The van der Waals surface area contributed by atoms with Gasteiger partial charge in [0.25, 0.3) is 0 Å². The van der Waals surface area contributed by atoms with E-state index in [4.69, 9.17) is 0 Å². The molecule has 2 unspecified atom stereocenters. The lowest BCUT2D eigenvalue weighted by Gasteiger charge is -2.36. The van der Waals surface area contributed by atoms with Crippen LogP contribution in [0.1, 0.15) is 37.3 Å². The lowest BCUT2D eigenvalue weighted by Crippen LogP contribution is -2.48. The second kappa shape index (κ2) is 5.84. The number of sulfonamides is 1. The quantitative estimate of drug-likeness (QED) is 0.930. The highest BCUT2D eigenvalue weighted by Crippen LogP contribution is 2.28. The van der Waals surface area contributed by atoms with Crippen LogP contribution in [0.4, 0.5) is 0 Å². The van der Waals surface area contributed by atoms with Gasteiger partial charge in [0.2, 0.25) is 10.0 Å². The Kier molecular flexibility index (Phi) is 4.52. The van der Waals surface area contributed by atoms with Crippen LogP contribution in [-0.4, -0.2) is 36.5 Å². The maximum atomic E-state index is 12.8. The number of piperidine rings is 1. The van der Waals surface area contributed by atoms with Crippen molar-refractivity contribution in [2.24, 2.45) is 0 Å². The third kappa shape index (κ3) is 2.90. The molecule has 0 saturated carbocycles. The van der Waals surface area contributed by atoms with Crippen LogP contribution in [-0.2, 0) is 10.0 Å². The van der Waals surface area contributed by atoms with Gasteiger partial charge in [0.05, 0.1) is 17.0 Å². The molecular formula is C15H23NO3S. The molecule has 1 aliphatic rings. The minimum Gasteiger partial charge on any atom is -0.392 e. The number of benzene rings is 1. The first kappa shape index (κ1) is 15.5. The van der Waals surface area contributed by atoms with Crippen LogP contribution < -0.4 is 0 Å². The lowest BCUT2D eigenvalue weighted by molar-refractivity contribution is 0.0831. The number of hydrogen-bond acceptors (Lipinski definition) is 3. The van der Waals surface area contributed by atoms with Gasteiger partial charge in [-0.15, -0.1) is 0 Å². The largest absolute Gasteiger partial charge is 0.392 e. The molecule has 2 atom stereocenters. The summed E-state index contributed by atoms with van der Waals surface area (Å²) in [5, 5.41) is 9.87. The van der Waals surface area contributed by atoms with Gasteiger partial charge in [-0.25, -0.2) is 8.42 Å². The average molecular weight is 297 g/mol. The first-order chi connectivity index (χ1) is 9.34. The molecule has 1 aromatic rings. The second-order valence-corrected chi connectivity index (χ2v) is 7.55. The lowest BCUT2D eigenvalue weighted by atomic mass is 10.0. The predicted molar refractivity (Wildman–Crippen MR) is 79.1 cm³/mol. The van der Waals surface area contributed by atoms with E-state index in [9.17, 15) is 13.5 Å². The molecular weight excluding hydrogens is 274 g/mol. The topological polar surface area (TPSA) is 57.6 Å². The molecule has 2 rings (SSSR count). The van der Waals surface area contributed by atoms with Crippen molar-refractivity contribution in [1.82, 2.24) is 4.31 Å². The molecule has 1 fully saturated rings. The summed E-state index contributed by atoms with van der Waals surface area (Å²) in [7, 11) is -3.53. The van der Waals surface area contributed by atoms with Crippen LogP contribution in [0.2, 0.25) is 0 Å². The molecule has 0 bridgehead atoms. The van der Waals surface area contributed by atoms with E-state index in [1.165, 1.54) is 4.31 Å². The summed E-state index contributed by atoms with van der Waals surface area (Å²) in [6.45, 7) is 5.93. The zero-order valence-corrected chi connectivity index (χ0v) is 13.2. The number of aliphatic hydroxyl groups excluding tert-OH is 1. The van der Waals surface area contributed by atoms with Gasteiger partial charge in [-0.3, -0.25) is 0 Å². The van der Waals surface area contributed by atoms with Crippen molar-refractivity contribution < 1.29 is 13.5 Å². The Balaban J connectivity index is 2.42. The zero-order valence-electron chi connectivity index (χ0n) is 12.3. The fraction of sp³-hybridized carbons (Fsp3) is 0.600. The van der Waals surface area contributed by atoms with E-state index in [-0.39, 0.29) is 6.04 Å². The summed E-state index contributed by atoms with van der Waals surface area (Å²) in [6, 6.07) is 5.07. The Labute approximate surface area is 121 Å². The first-order valence-corrected chi connectivity index (χ1v) is 8.55. The Morgan fingerprint density at radius 3 is 2.60 bits per heavy atom. The van der Waals surface area contributed by atoms with Gasteiger partial charge in [-0.2, -0.15) is 4.31 Å². The Morgan fingerprint density at radius 2 is 2.00 bits per heavy atom. The smallest absolute Gasteiger partial charge is 0.243 e. The average Bonchev–Trinajstić information content (AvgIpc) is 2.38. The molecule has 1 saturated heterocycles. The maximum Gasteiger partial charge on any atom is 0.243 e. The van der Waals surface area contributed by atoms with Crippen LogP contribution in [0.5, 0.6) is 0 Å². The van der Waals surface area contributed by atoms with Crippen molar-refractivity contribution in [1.29, 1.82) is 0 Å². The highest BCUT2D eigenvalue weighted by Gasteiger charge is 2.36. The summed E-state index contributed by atoms with van der Waals surface area (Å²) >= 11 is 0. The molecule has 0 aromatic heterocycles. The van der Waals surface area contributed by atoms with Gasteiger partial charge in [-0.1, -0.05) is 24.1 Å². The fourth-order valence-electron chi connectivity index (χ4n) is 2.93. The molecule has 4 nitrogen and oxygen atoms in total. The summed E-state index contributed by atoms with van der Waals surface area (Å²) in [5.74, 6) is 0. The van der Waals surface area contributed by atoms with Crippen LogP contribution in [0.25, 0.3) is 0 Å². The van der Waals surface area contributed by atoms with E-state index in [0.717, 1.165) is 30.4 Å². The number of rotatable bonds is 3. The monoisotopic (exact) mass is 297 g/mol. The number of aryl methyl sites for hydroxylation is 2. The van der Waals surface area contributed by atoms with E-state index in [1.54, 1.807) is 13.0 Å². The van der Waals surface area contributed by atoms with Crippen molar-refractivity contribution in [2.45, 2.75) is 57.1 Å². The van der Waals surface area contributed by atoms with Crippen LogP contribution in [0.3, 0.4) is 0 Å². The predicted octanol–water partition coefficient (Wildman–Crippen LogP) is 2.23. The third-order valence-electron chi connectivity index (χ3n) is 3.97. The molecule has 0 aliphatic carbocycles.